The van der Waals surface area contributed by atoms with Crippen LogP contribution in [0.5, 0.6) is 0 Å². The lowest BCUT2D eigenvalue weighted by Crippen LogP contribution is -2.31. The van der Waals surface area contributed by atoms with E-state index < -0.39 is 24.0 Å². The molecule has 0 bridgehead atoms. The number of nitrogens with zero attached hydrogens (tertiary/aromatic N) is 1. The second-order valence-corrected chi connectivity index (χ2v) is 5.63. The molecule has 2 amide bonds. The minimum absolute atomic E-state index is 0.0426. The van der Waals surface area contributed by atoms with Crippen LogP contribution in [0.3, 0.4) is 0 Å². The number of alkyl halides is 3. The molecule has 0 aliphatic heterocycles. The molecule has 1 saturated carbocycles. The van der Waals surface area contributed by atoms with E-state index in [1.165, 1.54) is 5.56 Å². The molecular weight excluding hydrogens is 283 g/mol. The molecule has 1 aromatic rings. The van der Waals surface area contributed by atoms with Crippen molar-refractivity contribution >= 4 is 11.8 Å². The molecule has 0 radical (unpaired) electrons. The average Bonchev–Trinajstić information content (AvgIpc) is 3.06. The summed E-state index contributed by atoms with van der Waals surface area (Å²) in [7, 11) is 0. The molecule has 2 aliphatic rings. The normalized spacial score (nSPS) is 23.6. The Morgan fingerprint density at radius 3 is 2.86 bits per heavy atom. The van der Waals surface area contributed by atoms with Crippen LogP contribution >= 0.6 is 0 Å². The monoisotopic (exact) mass is 299 g/mol. The molecule has 2 N–H and O–H groups in total. The maximum absolute atomic E-state index is 12.4. The molecule has 0 saturated heterocycles. The summed E-state index contributed by atoms with van der Waals surface area (Å²) < 4.78 is 37.1. The molecule has 2 aliphatic carbocycles. The summed E-state index contributed by atoms with van der Waals surface area (Å²) in [5, 5.41) is 5.04. The first-order chi connectivity index (χ1) is 9.93. The van der Waals surface area contributed by atoms with Crippen LogP contribution in [0.1, 0.15) is 24.1 Å². The van der Waals surface area contributed by atoms with Crippen molar-refractivity contribution in [1.82, 2.24) is 10.3 Å². The molecule has 0 aromatic carbocycles. The van der Waals surface area contributed by atoms with Gasteiger partial charge in [0, 0.05) is 12.2 Å². The number of nitrogens with one attached hydrogen (secondary N) is 2. The number of carbonyl (C=O) groups is 1. The van der Waals surface area contributed by atoms with Gasteiger partial charge in [-0.15, -0.1) is 0 Å². The Balaban J connectivity index is 1.47. The zero-order chi connectivity index (χ0) is 15.0. The van der Waals surface area contributed by atoms with Gasteiger partial charge in [0.05, 0.1) is 5.92 Å². The number of anilines is 1. The summed E-state index contributed by atoms with van der Waals surface area (Å²) in [4.78, 5) is 16.0. The zero-order valence-electron chi connectivity index (χ0n) is 11.3. The van der Waals surface area contributed by atoms with Crippen molar-refractivity contribution < 1.29 is 18.0 Å². The number of fused-ring (bicyclic) bond motifs is 1. The Morgan fingerprint density at radius 1 is 1.33 bits per heavy atom. The van der Waals surface area contributed by atoms with Crippen molar-refractivity contribution in [3.8, 4) is 0 Å². The largest absolute Gasteiger partial charge is 0.392 e. The second kappa shape index (κ2) is 5.20. The summed E-state index contributed by atoms with van der Waals surface area (Å²) in [5.41, 5.74) is 2.19. The smallest absolute Gasteiger partial charge is 0.338 e. The standard InChI is InChI=1S/C14H16F3N3O/c15-14(16,17)10-6-9(10)7-18-13(21)20-12-5-4-8-2-1-3-11(8)19-12/h4-5,9-10H,1-3,6-7H2,(H2,18,19,20,21)/t9-,10+/m0/s1. The molecule has 3 rings (SSSR count). The first kappa shape index (κ1) is 14.2. The van der Waals surface area contributed by atoms with E-state index in [0.29, 0.717) is 5.82 Å². The number of halogens is 3. The molecule has 114 valence electrons. The van der Waals surface area contributed by atoms with Crippen molar-refractivity contribution in [3.05, 3.63) is 23.4 Å². The van der Waals surface area contributed by atoms with Crippen LogP contribution in [0.2, 0.25) is 0 Å². The molecular formula is C14H16F3N3O. The summed E-state index contributed by atoms with van der Waals surface area (Å²) in [5.74, 6) is -1.32. The van der Waals surface area contributed by atoms with E-state index in [1.807, 2.05) is 6.07 Å². The first-order valence-electron chi connectivity index (χ1n) is 7.04. The summed E-state index contributed by atoms with van der Waals surface area (Å²) in [6, 6.07) is 3.15. The highest BCUT2D eigenvalue weighted by molar-refractivity contribution is 5.88. The van der Waals surface area contributed by atoms with E-state index in [9.17, 15) is 18.0 Å². The third-order valence-corrected chi connectivity index (χ3v) is 4.04. The summed E-state index contributed by atoms with van der Waals surface area (Å²) in [6.07, 6.45) is -1.07. The van der Waals surface area contributed by atoms with Crippen molar-refractivity contribution in [2.45, 2.75) is 31.9 Å². The van der Waals surface area contributed by atoms with E-state index in [1.54, 1.807) is 6.07 Å². The number of hydrogen-bond acceptors (Lipinski definition) is 2. The minimum atomic E-state index is -4.15. The van der Waals surface area contributed by atoms with Gasteiger partial charge in [-0.25, -0.2) is 9.78 Å². The third-order valence-electron chi connectivity index (χ3n) is 4.04. The van der Waals surface area contributed by atoms with Crippen molar-refractivity contribution in [2.24, 2.45) is 11.8 Å². The van der Waals surface area contributed by atoms with Crippen LogP contribution in [0.25, 0.3) is 0 Å². The molecule has 2 atom stereocenters. The number of rotatable bonds is 3. The number of aromatic nitrogens is 1. The van der Waals surface area contributed by atoms with Gasteiger partial charge in [-0.05, 0) is 43.2 Å². The number of pyridine rings is 1. The van der Waals surface area contributed by atoms with Gasteiger partial charge in [-0.2, -0.15) is 13.2 Å². The summed E-state index contributed by atoms with van der Waals surface area (Å²) in [6.45, 7) is 0.0426. The maximum Gasteiger partial charge on any atom is 0.392 e. The van der Waals surface area contributed by atoms with Crippen LogP contribution in [-0.2, 0) is 12.8 Å². The van der Waals surface area contributed by atoms with Crippen LogP contribution in [-0.4, -0.2) is 23.7 Å². The lowest BCUT2D eigenvalue weighted by molar-refractivity contribution is -0.150. The predicted octanol–water partition coefficient (Wildman–Crippen LogP) is 2.89. The Morgan fingerprint density at radius 2 is 2.14 bits per heavy atom. The van der Waals surface area contributed by atoms with Crippen molar-refractivity contribution in [1.29, 1.82) is 0 Å². The first-order valence-corrected chi connectivity index (χ1v) is 7.04. The topological polar surface area (TPSA) is 54.0 Å². The van der Waals surface area contributed by atoms with Crippen LogP contribution in [0, 0.1) is 11.8 Å². The average molecular weight is 299 g/mol. The second-order valence-electron chi connectivity index (χ2n) is 5.63. The zero-order valence-corrected chi connectivity index (χ0v) is 11.3. The SMILES string of the molecule is O=C(NC[C@@H]1C[C@H]1C(F)(F)F)Nc1ccc2c(n1)CCC2. The lowest BCUT2D eigenvalue weighted by atomic mass is 10.2. The van der Waals surface area contributed by atoms with Gasteiger partial charge in [0.2, 0.25) is 0 Å². The van der Waals surface area contributed by atoms with Crippen LogP contribution in [0.4, 0.5) is 23.8 Å². The number of hydrogen-bond donors (Lipinski definition) is 2. The van der Waals surface area contributed by atoms with Gasteiger partial charge >= 0.3 is 12.2 Å². The van der Waals surface area contributed by atoms with Gasteiger partial charge in [0.1, 0.15) is 5.82 Å². The molecule has 7 heteroatoms. The third kappa shape index (κ3) is 3.28. The Hall–Kier alpha value is -1.79. The van der Waals surface area contributed by atoms with Gasteiger partial charge in [-0.3, -0.25) is 5.32 Å². The van der Waals surface area contributed by atoms with E-state index in [-0.39, 0.29) is 13.0 Å². The van der Waals surface area contributed by atoms with Crippen LogP contribution in [0.15, 0.2) is 12.1 Å². The highest BCUT2D eigenvalue weighted by Gasteiger charge is 2.55. The highest BCUT2D eigenvalue weighted by atomic mass is 19.4. The highest BCUT2D eigenvalue weighted by Crippen LogP contribution is 2.49. The van der Waals surface area contributed by atoms with Gasteiger partial charge in [-0.1, -0.05) is 6.07 Å². The van der Waals surface area contributed by atoms with E-state index in [2.05, 4.69) is 15.6 Å². The number of carbonyl (C=O) groups excluding carboxylic acids is 1. The van der Waals surface area contributed by atoms with Crippen LogP contribution < -0.4 is 10.6 Å². The molecule has 0 unspecified atom stereocenters. The fraction of sp³-hybridized carbons (Fsp3) is 0.571. The van der Waals surface area contributed by atoms with Gasteiger partial charge in [0.25, 0.3) is 0 Å². The Kier molecular flexibility index (Phi) is 3.51. The van der Waals surface area contributed by atoms with E-state index >= 15 is 0 Å². The molecule has 1 aromatic heterocycles. The predicted molar refractivity (Wildman–Crippen MR) is 70.9 cm³/mol. The van der Waals surface area contributed by atoms with E-state index in [0.717, 1.165) is 25.0 Å². The van der Waals surface area contributed by atoms with Gasteiger partial charge < -0.3 is 5.32 Å². The fourth-order valence-electron chi connectivity index (χ4n) is 2.75. The minimum Gasteiger partial charge on any atom is -0.338 e. The Bertz CT molecular complexity index is 559. The number of amides is 2. The van der Waals surface area contributed by atoms with E-state index in [4.69, 9.17) is 0 Å². The maximum atomic E-state index is 12.4. The number of aryl methyl sites for hydroxylation is 2. The van der Waals surface area contributed by atoms with Crippen molar-refractivity contribution in [2.75, 3.05) is 11.9 Å². The molecule has 0 spiro atoms. The molecule has 4 nitrogen and oxygen atoms in total. The fourth-order valence-corrected chi connectivity index (χ4v) is 2.75. The molecule has 1 fully saturated rings. The van der Waals surface area contributed by atoms with Crippen molar-refractivity contribution in [3.63, 3.8) is 0 Å². The molecule has 21 heavy (non-hydrogen) atoms. The van der Waals surface area contributed by atoms with Gasteiger partial charge in [0.15, 0.2) is 0 Å². The quantitative estimate of drug-likeness (QED) is 0.901. The Labute approximate surface area is 120 Å². The lowest BCUT2D eigenvalue weighted by Gasteiger charge is -2.09. The number of urea groups is 1. The molecule has 1 heterocycles. The summed E-state index contributed by atoms with van der Waals surface area (Å²) >= 11 is 0.